The number of hydrogen-bond donors (Lipinski definition) is 0. The van der Waals surface area contributed by atoms with Crippen LogP contribution in [0, 0.1) is 16.7 Å². The van der Waals surface area contributed by atoms with Gasteiger partial charge in [0.15, 0.2) is 0 Å². The molecule has 20 heavy (non-hydrogen) atoms. The minimum Gasteiger partial charge on any atom is -0.299 e. The number of piperidine rings is 1. The molecule has 0 aromatic carbocycles. The third-order valence-corrected chi connectivity index (χ3v) is 5.18. The van der Waals surface area contributed by atoms with Crippen LogP contribution in [0.3, 0.4) is 0 Å². The number of nitriles is 1. The lowest BCUT2D eigenvalue weighted by Crippen LogP contribution is -2.40. The molecule has 1 aromatic rings. The molecule has 0 amide bonds. The fourth-order valence-corrected chi connectivity index (χ4v) is 3.88. The van der Waals surface area contributed by atoms with Gasteiger partial charge >= 0.3 is 0 Å². The number of aromatic nitrogens is 1. The molecule has 1 aliphatic heterocycles. The Balaban J connectivity index is 1.57. The van der Waals surface area contributed by atoms with Crippen LogP contribution in [0.25, 0.3) is 0 Å². The fourth-order valence-electron chi connectivity index (χ4n) is 3.88. The van der Waals surface area contributed by atoms with E-state index in [4.69, 9.17) is 5.26 Å². The second-order valence-electron chi connectivity index (χ2n) is 6.50. The van der Waals surface area contributed by atoms with Crippen LogP contribution in [0.15, 0.2) is 18.3 Å². The molecule has 1 aliphatic carbocycles. The monoisotopic (exact) mass is 269 g/mol. The van der Waals surface area contributed by atoms with E-state index in [-0.39, 0.29) is 0 Å². The summed E-state index contributed by atoms with van der Waals surface area (Å²) in [5, 5.41) is 8.91. The van der Waals surface area contributed by atoms with Crippen molar-refractivity contribution >= 4 is 0 Å². The Labute approximate surface area is 121 Å². The highest BCUT2D eigenvalue weighted by Crippen LogP contribution is 2.44. The van der Waals surface area contributed by atoms with Gasteiger partial charge in [0.1, 0.15) is 11.8 Å². The summed E-state index contributed by atoms with van der Waals surface area (Å²) >= 11 is 0. The normalized spacial score (nSPS) is 22.6. The summed E-state index contributed by atoms with van der Waals surface area (Å²) in [6, 6.07) is 6.08. The van der Waals surface area contributed by atoms with E-state index in [1.165, 1.54) is 63.6 Å². The SMILES string of the molecule is N#Cc1cc(CN2CCC3(CCCCC3)CC2)ccn1. The van der Waals surface area contributed by atoms with Gasteiger partial charge in [-0.2, -0.15) is 5.26 Å². The summed E-state index contributed by atoms with van der Waals surface area (Å²) in [5.41, 5.74) is 2.42. The van der Waals surface area contributed by atoms with Crippen molar-refractivity contribution in [2.24, 2.45) is 5.41 Å². The second-order valence-corrected chi connectivity index (χ2v) is 6.50. The predicted molar refractivity (Wildman–Crippen MR) is 79.0 cm³/mol. The molecule has 3 heteroatoms. The molecule has 2 heterocycles. The van der Waals surface area contributed by atoms with Crippen LogP contribution in [0.2, 0.25) is 0 Å². The summed E-state index contributed by atoms with van der Waals surface area (Å²) in [4.78, 5) is 6.58. The molecule has 2 fully saturated rings. The van der Waals surface area contributed by atoms with Gasteiger partial charge in [-0.3, -0.25) is 4.90 Å². The highest BCUT2D eigenvalue weighted by Gasteiger charge is 2.35. The molecule has 0 radical (unpaired) electrons. The summed E-state index contributed by atoms with van der Waals surface area (Å²) in [6.45, 7) is 3.39. The molecule has 3 nitrogen and oxygen atoms in total. The van der Waals surface area contributed by atoms with Crippen molar-refractivity contribution in [3.8, 4) is 6.07 Å². The van der Waals surface area contributed by atoms with Crippen molar-refractivity contribution in [2.75, 3.05) is 13.1 Å². The first kappa shape index (κ1) is 13.6. The van der Waals surface area contributed by atoms with Crippen molar-refractivity contribution in [3.63, 3.8) is 0 Å². The van der Waals surface area contributed by atoms with Crippen LogP contribution in [-0.2, 0) is 6.54 Å². The average Bonchev–Trinajstić information content (AvgIpc) is 2.51. The number of hydrogen-bond acceptors (Lipinski definition) is 3. The van der Waals surface area contributed by atoms with Gasteiger partial charge in [0, 0.05) is 12.7 Å². The van der Waals surface area contributed by atoms with Crippen molar-refractivity contribution in [1.29, 1.82) is 5.26 Å². The second kappa shape index (κ2) is 5.93. The lowest BCUT2D eigenvalue weighted by molar-refractivity contribution is 0.0641. The van der Waals surface area contributed by atoms with E-state index in [9.17, 15) is 0 Å². The zero-order valence-corrected chi connectivity index (χ0v) is 12.1. The Morgan fingerprint density at radius 2 is 1.90 bits per heavy atom. The van der Waals surface area contributed by atoms with E-state index >= 15 is 0 Å². The summed E-state index contributed by atoms with van der Waals surface area (Å²) in [6.07, 6.45) is 11.7. The van der Waals surface area contributed by atoms with Crippen LogP contribution >= 0.6 is 0 Å². The zero-order chi connectivity index (χ0) is 13.8. The molecule has 106 valence electrons. The maximum atomic E-state index is 8.91. The molecule has 0 N–H and O–H groups in total. The Hall–Kier alpha value is -1.40. The van der Waals surface area contributed by atoms with Gasteiger partial charge in [-0.25, -0.2) is 4.98 Å². The Morgan fingerprint density at radius 3 is 2.60 bits per heavy atom. The van der Waals surface area contributed by atoms with Crippen LogP contribution in [0.4, 0.5) is 0 Å². The molecule has 1 spiro atoms. The van der Waals surface area contributed by atoms with Crippen LogP contribution in [-0.4, -0.2) is 23.0 Å². The van der Waals surface area contributed by atoms with Crippen molar-refractivity contribution < 1.29 is 0 Å². The Bertz CT molecular complexity index is 487. The molecule has 1 saturated carbocycles. The van der Waals surface area contributed by atoms with E-state index in [1.54, 1.807) is 6.20 Å². The van der Waals surface area contributed by atoms with Crippen molar-refractivity contribution in [2.45, 2.75) is 51.5 Å². The van der Waals surface area contributed by atoms with Crippen LogP contribution in [0.1, 0.15) is 56.2 Å². The fraction of sp³-hybridized carbons (Fsp3) is 0.647. The van der Waals surface area contributed by atoms with E-state index in [0.29, 0.717) is 11.1 Å². The zero-order valence-electron chi connectivity index (χ0n) is 12.1. The number of pyridine rings is 1. The molecule has 0 atom stereocenters. The minimum absolute atomic E-state index is 0.531. The highest BCUT2D eigenvalue weighted by atomic mass is 15.1. The molecule has 0 unspecified atom stereocenters. The van der Waals surface area contributed by atoms with Gasteiger partial charge in [-0.15, -0.1) is 0 Å². The third kappa shape index (κ3) is 3.02. The van der Waals surface area contributed by atoms with E-state index in [1.807, 2.05) is 12.1 Å². The molecule has 2 aliphatic rings. The predicted octanol–water partition coefficient (Wildman–Crippen LogP) is 3.50. The van der Waals surface area contributed by atoms with Gasteiger partial charge in [0.2, 0.25) is 0 Å². The molecular weight excluding hydrogens is 246 g/mol. The van der Waals surface area contributed by atoms with E-state index < -0.39 is 0 Å². The third-order valence-electron chi connectivity index (χ3n) is 5.18. The van der Waals surface area contributed by atoms with Crippen LogP contribution < -0.4 is 0 Å². The minimum atomic E-state index is 0.531. The van der Waals surface area contributed by atoms with Crippen LogP contribution in [0.5, 0.6) is 0 Å². The van der Waals surface area contributed by atoms with Gasteiger partial charge in [-0.1, -0.05) is 19.3 Å². The molecule has 0 bridgehead atoms. The Morgan fingerprint density at radius 1 is 1.15 bits per heavy atom. The molecular formula is C17H23N3. The smallest absolute Gasteiger partial charge is 0.140 e. The van der Waals surface area contributed by atoms with Gasteiger partial charge in [0.25, 0.3) is 0 Å². The average molecular weight is 269 g/mol. The Kier molecular flexibility index (Phi) is 4.03. The molecule has 3 rings (SSSR count). The molecule has 1 aromatic heterocycles. The van der Waals surface area contributed by atoms with Gasteiger partial charge < -0.3 is 0 Å². The first-order valence-electron chi connectivity index (χ1n) is 7.87. The topological polar surface area (TPSA) is 39.9 Å². The maximum absolute atomic E-state index is 8.91. The quantitative estimate of drug-likeness (QED) is 0.825. The maximum Gasteiger partial charge on any atom is 0.140 e. The molecule has 1 saturated heterocycles. The lowest BCUT2D eigenvalue weighted by atomic mass is 9.68. The summed E-state index contributed by atoms with van der Waals surface area (Å²) < 4.78 is 0. The van der Waals surface area contributed by atoms with E-state index in [0.717, 1.165) is 6.54 Å². The van der Waals surface area contributed by atoms with Gasteiger partial charge in [0.05, 0.1) is 0 Å². The first-order valence-corrected chi connectivity index (χ1v) is 7.87. The van der Waals surface area contributed by atoms with Gasteiger partial charge in [-0.05, 0) is 61.9 Å². The standard InChI is InChI=1S/C17H23N3/c18-13-16-12-15(4-9-19-16)14-20-10-7-17(8-11-20)5-2-1-3-6-17/h4,9,12H,1-3,5-8,10-11,14H2. The highest BCUT2D eigenvalue weighted by molar-refractivity contribution is 5.25. The van der Waals surface area contributed by atoms with Crippen molar-refractivity contribution in [3.05, 3.63) is 29.6 Å². The number of likely N-dealkylation sites (tertiary alicyclic amines) is 1. The largest absolute Gasteiger partial charge is 0.299 e. The summed E-state index contributed by atoms with van der Waals surface area (Å²) in [7, 11) is 0. The summed E-state index contributed by atoms with van der Waals surface area (Å²) in [5.74, 6) is 0. The van der Waals surface area contributed by atoms with Crippen molar-refractivity contribution in [1.82, 2.24) is 9.88 Å². The van der Waals surface area contributed by atoms with E-state index in [2.05, 4.69) is 16.0 Å². The number of rotatable bonds is 2. The first-order chi connectivity index (χ1) is 9.80. The lowest BCUT2D eigenvalue weighted by Gasteiger charge is -2.44. The number of nitrogens with zero attached hydrogens (tertiary/aromatic N) is 3.